The number of anilines is 2. The molecule has 2 heterocycles. The third-order valence-corrected chi connectivity index (χ3v) is 7.38. The van der Waals surface area contributed by atoms with Gasteiger partial charge >= 0.3 is 5.97 Å². The van der Waals surface area contributed by atoms with Crippen LogP contribution in [0.3, 0.4) is 0 Å². The first-order valence-electron chi connectivity index (χ1n) is 10.2. The van der Waals surface area contributed by atoms with Crippen molar-refractivity contribution in [3.8, 4) is 5.69 Å². The number of rotatable bonds is 8. The lowest BCUT2D eigenvalue weighted by atomic mass is 10.2. The van der Waals surface area contributed by atoms with E-state index < -0.39 is 16.0 Å². The van der Waals surface area contributed by atoms with E-state index in [4.69, 9.17) is 4.74 Å². The smallest absolute Gasteiger partial charge is 0.358 e. The monoisotopic (exact) mass is 496 g/mol. The van der Waals surface area contributed by atoms with Crippen molar-refractivity contribution in [1.82, 2.24) is 9.78 Å². The molecule has 0 saturated carbocycles. The number of aromatic nitrogens is 2. The highest BCUT2D eigenvalue weighted by Crippen LogP contribution is 2.21. The third kappa shape index (κ3) is 5.33. The highest BCUT2D eigenvalue weighted by Gasteiger charge is 2.16. The largest absolute Gasteiger partial charge is 0.461 e. The van der Waals surface area contributed by atoms with Gasteiger partial charge in [0.15, 0.2) is 5.69 Å². The van der Waals surface area contributed by atoms with Crippen molar-refractivity contribution >= 4 is 44.6 Å². The number of thiophene rings is 1. The standard InChI is InChI=1S/C23H20N4O5S2/c1-2-32-23(29)20-12-13-27(25-20)19-6-3-5-18(15-19)24-22(28)16-8-10-17(11-9-16)26-34(30,31)21-7-4-14-33-21/h3-15,26H,2H2,1H3,(H,24,28). The molecule has 0 aliphatic carbocycles. The Hall–Kier alpha value is -3.96. The van der Waals surface area contributed by atoms with Gasteiger partial charge in [-0.2, -0.15) is 5.10 Å². The van der Waals surface area contributed by atoms with Crippen LogP contribution < -0.4 is 10.0 Å². The second kappa shape index (κ2) is 9.89. The molecule has 4 aromatic rings. The molecule has 0 unspecified atom stereocenters. The fourth-order valence-corrected chi connectivity index (χ4v) is 5.07. The van der Waals surface area contributed by atoms with Crippen molar-refractivity contribution in [3.05, 3.63) is 89.6 Å². The zero-order valence-electron chi connectivity index (χ0n) is 18.0. The van der Waals surface area contributed by atoms with Crippen LogP contribution in [0.1, 0.15) is 27.8 Å². The van der Waals surface area contributed by atoms with Crippen molar-refractivity contribution in [1.29, 1.82) is 0 Å². The van der Waals surface area contributed by atoms with Crippen LogP contribution in [0.4, 0.5) is 11.4 Å². The number of hydrogen-bond acceptors (Lipinski definition) is 7. The van der Waals surface area contributed by atoms with Gasteiger partial charge in [-0.1, -0.05) is 12.1 Å². The van der Waals surface area contributed by atoms with Crippen LogP contribution in [-0.2, 0) is 14.8 Å². The lowest BCUT2D eigenvalue weighted by Crippen LogP contribution is -2.13. The summed E-state index contributed by atoms with van der Waals surface area (Å²) in [6, 6.07) is 17.8. The van der Waals surface area contributed by atoms with Crippen molar-refractivity contribution < 1.29 is 22.7 Å². The summed E-state index contributed by atoms with van der Waals surface area (Å²) in [5.74, 6) is -0.871. The molecule has 0 atom stereocenters. The molecular formula is C23H20N4O5S2. The topological polar surface area (TPSA) is 119 Å². The van der Waals surface area contributed by atoms with E-state index in [1.165, 1.54) is 35.0 Å². The van der Waals surface area contributed by atoms with Gasteiger partial charge in [0, 0.05) is 23.1 Å². The molecule has 0 spiro atoms. The Morgan fingerprint density at radius 1 is 1.03 bits per heavy atom. The number of sulfonamides is 1. The van der Waals surface area contributed by atoms with Gasteiger partial charge in [-0.05, 0) is 66.9 Å². The average Bonchev–Trinajstić information content (AvgIpc) is 3.53. The molecule has 0 radical (unpaired) electrons. The highest BCUT2D eigenvalue weighted by atomic mass is 32.2. The maximum absolute atomic E-state index is 12.7. The zero-order valence-corrected chi connectivity index (χ0v) is 19.6. The van der Waals surface area contributed by atoms with Crippen molar-refractivity contribution in [2.24, 2.45) is 0 Å². The van der Waals surface area contributed by atoms with E-state index in [9.17, 15) is 18.0 Å². The van der Waals surface area contributed by atoms with Gasteiger partial charge in [-0.3, -0.25) is 9.52 Å². The predicted molar refractivity (Wildman–Crippen MR) is 129 cm³/mol. The van der Waals surface area contributed by atoms with Gasteiger partial charge in [0.05, 0.1) is 12.3 Å². The van der Waals surface area contributed by atoms with E-state index in [2.05, 4.69) is 15.1 Å². The van der Waals surface area contributed by atoms with Crippen LogP contribution in [0.15, 0.2) is 82.5 Å². The molecule has 0 bridgehead atoms. The molecule has 0 fully saturated rings. The van der Waals surface area contributed by atoms with E-state index in [1.54, 1.807) is 54.9 Å². The number of carbonyl (C=O) groups excluding carboxylic acids is 2. The second-order valence-electron chi connectivity index (χ2n) is 6.99. The maximum Gasteiger partial charge on any atom is 0.358 e. The van der Waals surface area contributed by atoms with Crippen molar-refractivity contribution in [3.63, 3.8) is 0 Å². The zero-order chi connectivity index (χ0) is 24.1. The fourth-order valence-electron chi connectivity index (χ4n) is 3.02. The van der Waals surface area contributed by atoms with E-state index in [1.807, 2.05) is 0 Å². The van der Waals surface area contributed by atoms with E-state index in [0.717, 1.165) is 11.3 Å². The quantitative estimate of drug-likeness (QED) is 0.354. The van der Waals surface area contributed by atoms with E-state index in [0.29, 0.717) is 22.6 Å². The average molecular weight is 497 g/mol. The van der Waals surface area contributed by atoms with Crippen molar-refractivity contribution in [2.45, 2.75) is 11.1 Å². The first-order chi connectivity index (χ1) is 16.4. The molecule has 34 heavy (non-hydrogen) atoms. The molecule has 11 heteroatoms. The molecule has 0 aliphatic rings. The Balaban J connectivity index is 1.44. The number of benzene rings is 2. The number of carbonyl (C=O) groups is 2. The summed E-state index contributed by atoms with van der Waals surface area (Å²) in [4.78, 5) is 24.5. The SMILES string of the molecule is CCOC(=O)c1ccn(-c2cccc(NC(=O)c3ccc(NS(=O)(=O)c4cccs4)cc3)c2)n1. The molecule has 174 valence electrons. The minimum Gasteiger partial charge on any atom is -0.461 e. The minimum atomic E-state index is -3.66. The minimum absolute atomic E-state index is 0.186. The van der Waals surface area contributed by atoms with Crippen LogP contribution in [-0.4, -0.2) is 36.7 Å². The normalized spacial score (nSPS) is 11.1. The molecule has 4 rings (SSSR count). The number of hydrogen-bond donors (Lipinski definition) is 2. The van der Waals surface area contributed by atoms with Crippen LogP contribution in [0.2, 0.25) is 0 Å². The van der Waals surface area contributed by atoms with Gasteiger partial charge in [-0.15, -0.1) is 11.3 Å². The van der Waals surface area contributed by atoms with Gasteiger partial charge in [0.1, 0.15) is 4.21 Å². The molecular weight excluding hydrogens is 476 g/mol. The molecule has 9 nitrogen and oxygen atoms in total. The third-order valence-electron chi connectivity index (χ3n) is 4.60. The Kier molecular flexibility index (Phi) is 6.75. The highest BCUT2D eigenvalue weighted by molar-refractivity contribution is 7.94. The predicted octanol–water partition coefficient (Wildman–Crippen LogP) is 4.16. The lowest BCUT2D eigenvalue weighted by Gasteiger charge is -2.09. The Morgan fingerprint density at radius 2 is 1.82 bits per heavy atom. The van der Waals surface area contributed by atoms with Crippen molar-refractivity contribution in [2.75, 3.05) is 16.6 Å². The van der Waals surface area contributed by atoms with Gasteiger partial charge in [-0.25, -0.2) is 17.9 Å². The van der Waals surface area contributed by atoms with Gasteiger partial charge in [0.25, 0.3) is 15.9 Å². The van der Waals surface area contributed by atoms with Crippen LogP contribution >= 0.6 is 11.3 Å². The summed E-state index contributed by atoms with van der Waals surface area (Å²) < 4.78 is 33.8. The summed E-state index contributed by atoms with van der Waals surface area (Å²) in [6.07, 6.45) is 1.63. The Labute approximate surface area is 200 Å². The number of esters is 1. The number of ether oxygens (including phenoxy) is 1. The Morgan fingerprint density at radius 3 is 2.53 bits per heavy atom. The number of nitrogens with zero attached hydrogens (tertiary/aromatic N) is 2. The van der Waals surface area contributed by atoms with Crippen LogP contribution in [0.25, 0.3) is 5.69 Å². The summed E-state index contributed by atoms with van der Waals surface area (Å²) >= 11 is 1.12. The maximum atomic E-state index is 12.7. The summed E-state index contributed by atoms with van der Waals surface area (Å²) in [5.41, 5.74) is 2.06. The van der Waals surface area contributed by atoms with Crippen LogP contribution in [0, 0.1) is 0 Å². The second-order valence-corrected chi connectivity index (χ2v) is 9.84. The molecule has 0 aliphatic heterocycles. The Bertz CT molecular complexity index is 1410. The van der Waals surface area contributed by atoms with Crippen LogP contribution in [0.5, 0.6) is 0 Å². The number of nitrogens with one attached hydrogen (secondary N) is 2. The summed E-state index contributed by atoms with van der Waals surface area (Å²) in [7, 11) is -3.66. The van der Waals surface area contributed by atoms with Gasteiger partial charge < -0.3 is 10.1 Å². The van der Waals surface area contributed by atoms with E-state index in [-0.39, 0.29) is 22.4 Å². The molecule has 2 N–H and O–H groups in total. The molecule has 0 saturated heterocycles. The molecule has 2 aromatic heterocycles. The molecule has 2 aromatic carbocycles. The fraction of sp³-hybridized carbons (Fsp3) is 0.0870. The van der Waals surface area contributed by atoms with Gasteiger partial charge in [0.2, 0.25) is 0 Å². The first-order valence-corrected chi connectivity index (χ1v) is 12.5. The number of amides is 1. The summed E-state index contributed by atoms with van der Waals surface area (Å²) in [5, 5.41) is 8.69. The summed E-state index contributed by atoms with van der Waals surface area (Å²) in [6.45, 7) is 1.98. The van der Waals surface area contributed by atoms with E-state index >= 15 is 0 Å². The molecule has 1 amide bonds. The first kappa shape index (κ1) is 23.2. The lowest BCUT2D eigenvalue weighted by molar-refractivity contribution is 0.0519.